The van der Waals surface area contributed by atoms with E-state index < -0.39 is 26.6 Å². The average molecular weight is 461 g/mol. The van der Waals surface area contributed by atoms with Crippen molar-refractivity contribution in [1.82, 2.24) is 19.0 Å². The van der Waals surface area contributed by atoms with Crippen molar-refractivity contribution in [2.45, 2.75) is 18.7 Å². The molecule has 168 valence electrons. The van der Waals surface area contributed by atoms with Gasteiger partial charge in [0.05, 0.1) is 23.1 Å². The van der Waals surface area contributed by atoms with Gasteiger partial charge in [0.2, 0.25) is 10.0 Å². The number of carbonyl (C=O) groups excluding carboxylic acids is 1. The Morgan fingerprint density at radius 2 is 1.72 bits per heavy atom. The highest BCUT2D eigenvalue weighted by Crippen LogP contribution is 2.23. The van der Waals surface area contributed by atoms with Gasteiger partial charge in [-0.05, 0) is 49.7 Å². The van der Waals surface area contributed by atoms with Crippen molar-refractivity contribution >= 4 is 15.9 Å². The molecule has 2 aromatic carbocycles. The Balaban J connectivity index is 1.49. The number of halogens is 2. The minimum Gasteiger partial charge on any atom is -0.336 e. The minimum absolute atomic E-state index is 0.0188. The molecule has 0 N–H and O–H groups in total. The van der Waals surface area contributed by atoms with Crippen molar-refractivity contribution in [1.29, 1.82) is 0 Å². The van der Waals surface area contributed by atoms with Crippen LogP contribution in [0.3, 0.4) is 0 Å². The normalized spacial score (nSPS) is 15.2. The van der Waals surface area contributed by atoms with Crippen molar-refractivity contribution < 1.29 is 22.0 Å². The zero-order chi connectivity index (χ0) is 23.0. The molecule has 1 amide bonds. The van der Waals surface area contributed by atoms with Gasteiger partial charge in [-0.2, -0.15) is 9.40 Å². The highest BCUT2D eigenvalue weighted by Gasteiger charge is 2.33. The molecule has 10 heteroatoms. The average Bonchev–Trinajstić information content (AvgIpc) is 3.16. The number of amides is 1. The SMILES string of the molecule is Cc1cccc(-n2ncc(C(=O)N3CCN(S(=O)(=O)c4cc(F)ccc4F)CC3)c2C)c1. The first-order valence-electron chi connectivity index (χ1n) is 10.0. The molecule has 0 atom stereocenters. The molecule has 1 aliphatic rings. The van der Waals surface area contributed by atoms with Gasteiger partial charge in [-0.1, -0.05) is 12.1 Å². The van der Waals surface area contributed by atoms with Crippen molar-refractivity contribution in [3.63, 3.8) is 0 Å². The molecule has 0 aliphatic carbocycles. The van der Waals surface area contributed by atoms with Crippen LogP contribution < -0.4 is 0 Å². The summed E-state index contributed by atoms with van der Waals surface area (Å²) < 4.78 is 55.7. The third-order valence-electron chi connectivity index (χ3n) is 5.52. The van der Waals surface area contributed by atoms with Gasteiger partial charge in [0.25, 0.3) is 5.91 Å². The van der Waals surface area contributed by atoms with Gasteiger partial charge in [-0.3, -0.25) is 4.79 Å². The van der Waals surface area contributed by atoms with E-state index in [0.29, 0.717) is 17.3 Å². The van der Waals surface area contributed by atoms with E-state index in [1.807, 2.05) is 31.2 Å². The van der Waals surface area contributed by atoms with Gasteiger partial charge in [0, 0.05) is 26.2 Å². The van der Waals surface area contributed by atoms with Crippen molar-refractivity contribution in [2.24, 2.45) is 0 Å². The monoisotopic (exact) mass is 460 g/mol. The lowest BCUT2D eigenvalue weighted by Crippen LogP contribution is -2.50. The number of hydrogen-bond acceptors (Lipinski definition) is 4. The van der Waals surface area contributed by atoms with Gasteiger partial charge >= 0.3 is 0 Å². The second-order valence-corrected chi connectivity index (χ2v) is 9.57. The number of nitrogens with zero attached hydrogens (tertiary/aromatic N) is 4. The topological polar surface area (TPSA) is 75.5 Å². The first-order valence-corrected chi connectivity index (χ1v) is 11.5. The molecule has 0 bridgehead atoms. The van der Waals surface area contributed by atoms with E-state index in [0.717, 1.165) is 27.7 Å². The van der Waals surface area contributed by atoms with Crippen LogP contribution in [0.15, 0.2) is 53.6 Å². The number of aromatic nitrogens is 2. The number of piperazine rings is 1. The van der Waals surface area contributed by atoms with E-state index in [1.54, 1.807) is 16.5 Å². The summed E-state index contributed by atoms with van der Waals surface area (Å²) in [6, 6.07) is 10.1. The number of sulfonamides is 1. The molecule has 0 saturated carbocycles. The quantitative estimate of drug-likeness (QED) is 0.600. The molecule has 1 fully saturated rings. The lowest BCUT2D eigenvalue weighted by atomic mass is 10.2. The van der Waals surface area contributed by atoms with Crippen LogP contribution in [-0.4, -0.2) is 59.5 Å². The number of aryl methyl sites for hydroxylation is 1. The number of benzene rings is 2. The van der Waals surface area contributed by atoms with E-state index in [1.165, 1.54) is 6.20 Å². The maximum Gasteiger partial charge on any atom is 0.257 e. The van der Waals surface area contributed by atoms with Gasteiger partial charge < -0.3 is 4.90 Å². The smallest absolute Gasteiger partial charge is 0.257 e. The van der Waals surface area contributed by atoms with Gasteiger partial charge in [0.1, 0.15) is 16.5 Å². The fraction of sp³-hybridized carbons (Fsp3) is 0.273. The molecule has 32 heavy (non-hydrogen) atoms. The standard InChI is InChI=1S/C22H22F2N4O3S/c1-15-4-3-5-18(12-15)28-16(2)19(14-25-28)22(29)26-8-10-27(11-9-26)32(30,31)21-13-17(23)6-7-20(21)24/h3-7,12-14H,8-11H2,1-2H3. The van der Waals surface area contributed by atoms with Gasteiger partial charge in [-0.25, -0.2) is 21.9 Å². The Hall–Kier alpha value is -3.11. The molecular formula is C22H22F2N4O3S. The molecule has 0 unspecified atom stereocenters. The molecule has 1 saturated heterocycles. The highest BCUT2D eigenvalue weighted by atomic mass is 32.2. The maximum atomic E-state index is 14.0. The molecule has 2 heterocycles. The lowest BCUT2D eigenvalue weighted by Gasteiger charge is -2.34. The maximum absolute atomic E-state index is 14.0. The molecule has 7 nitrogen and oxygen atoms in total. The Bertz CT molecular complexity index is 1280. The third kappa shape index (κ3) is 4.03. The number of carbonyl (C=O) groups is 1. The zero-order valence-corrected chi connectivity index (χ0v) is 18.4. The van der Waals surface area contributed by atoms with Gasteiger partial charge in [-0.15, -0.1) is 0 Å². The number of rotatable bonds is 4. The van der Waals surface area contributed by atoms with Crippen molar-refractivity contribution in [2.75, 3.05) is 26.2 Å². The van der Waals surface area contributed by atoms with Crippen LogP contribution in [0.1, 0.15) is 21.6 Å². The molecule has 0 spiro atoms. The summed E-state index contributed by atoms with van der Waals surface area (Å²) in [5.41, 5.74) is 3.02. The first-order chi connectivity index (χ1) is 15.2. The fourth-order valence-electron chi connectivity index (χ4n) is 3.76. The highest BCUT2D eigenvalue weighted by molar-refractivity contribution is 7.89. The van der Waals surface area contributed by atoms with Crippen LogP contribution in [-0.2, 0) is 10.0 Å². The molecular weight excluding hydrogens is 438 g/mol. The summed E-state index contributed by atoms with van der Waals surface area (Å²) in [4.78, 5) is 13.9. The first kappa shape index (κ1) is 22.1. The summed E-state index contributed by atoms with van der Waals surface area (Å²) in [7, 11) is -4.21. The van der Waals surface area contributed by atoms with Crippen LogP contribution in [0.4, 0.5) is 8.78 Å². The van der Waals surface area contributed by atoms with Crippen LogP contribution >= 0.6 is 0 Å². The Morgan fingerprint density at radius 3 is 2.41 bits per heavy atom. The fourth-order valence-corrected chi connectivity index (χ4v) is 5.25. The summed E-state index contributed by atoms with van der Waals surface area (Å²) in [5.74, 6) is -2.10. The molecule has 1 aromatic heterocycles. The van der Waals surface area contributed by atoms with E-state index >= 15 is 0 Å². The van der Waals surface area contributed by atoms with E-state index in [4.69, 9.17) is 0 Å². The summed E-state index contributed by atoms with van der Waals surface area (Å²) in [6.07, 6.45) is 1.51. The minimum atomic E-state index is -4.21. The largest absolute Gasteiger partial charge is 0.336 e. The van der Waals surface area contributed by atoms with E-state index in [9.17, 15) is 22.0 Å². The van der Waals surface area contributed by atoms with E-state index in [2.05, 4.69) is 5.10 Å². The summed E-state index contributed by atoms with van der Waals surface area (Å²) in [5, 5.41) is 4.34. The molecule has 4 rings (SSSR count). The predicted molar refractivity (Wildman–Crippen MR) is 114 cm³/mol. The Labute approximate surface area is 184 Å². The molecule has 1 aliphatic heterocycles. The van der Waals surface area contributed by atoms with Crippen LogP contribution in [0.5, 0.6) is 0 Å². The zero-order valence-electron chi connectivity index (χ0n) is 17.6. The van der Waals surface area contributed by atoms with Crippen molar-refractivity contribution in [3.05, 3.63) is 77.1 Å². The summed E-state index contributed by atoms with van der Waals surface area (Å²) >= 11 is 0. The van der Waals surface area contributed by atoms with Crippen LogP contribution in [0.25, 0.3) is 5.69 Å². The molecule has 0 radical (unpaired) electrons. The van der Waals surface area contributed by atoms with Crippen molar-refractivity contribution in [3.8, 4) is 5.69 Å². The third-order valence-corrected chi connectivity index (χ3v) is 7.44. The predicted octanol–water partition coefficient (Wildman–Crippen LogP) is 2.91. The van der Waals surface area contributed by atoms with Crippen LogP contribution in [0.2, 0.25) is 0 Å². The molecule has 3 aromatic rings. The van der Waals surface area contributed by atoms with Crippen LogP contribution in [0, 0.1) is 25.5 Å². The number of hydrogen-bond donors (Lipinski definition) is 0. The second kappa shape index (κ2) is 8.44. The Kier molecular flexibility index (Phi) is 5.83. The summed E-state index contributed by atoms with van der Waals surface area (Å²) in [6.45, 7) is 3.99. The van der Waals surface area contributed by atoms with E-state index in [-0.39, 0.29) is 32.1 Å². The van der Waals surface area contributed by atoms with Gasteiger partial charge in [0.15, 0.2) is 0 Å². The Morgan fingerprint density at radius 1 is 1.00 bits per heavy atom. The second-order valence-electron chi connectivity index (χ2n) is 7.67. The lowest BCUT2D eigenvalue weighted by molar-refractivity contribution is 0.0697.